The summed E-state index contributed by atoms with van der Waals surface area (Å²) >= 11 is 11.6. The van der Waals surface area contributed by atoms with E-state index in [1.54, 1.807) is 6.07 Å². The number of carbonyl (C=O) groups is 1. The molecule has 118 valence electrons. The third-order valence-electron chi connectivity index (χ3n) is 3.28. The van der Waals surface area contributed by atoms with E-state index in [1.807, 2.05) is 25.1 Å². The van der Waals surface area contributed by atoms with Gasteiger partial charge in [-0.3, -0.25) is 4.79 Å². The SMILES string of the molecule is CN(C)C(CNC(=O)c1cc(Cl)c(Cl)[nH]1)c1cccc(F)c1. The molecule has 7 heteroatoms. The molecule has 1 atom stereocenters. The molecule has 2 N–H and O–H groups in total. The van der Waals surface area contributed by atoms with Crippen LogP contribution in [0, 0.1) is 5.82 Å². The minimum absolute atomic E-state index is 0.152. The Morgan fingerprint density at radius 2 is 2.09 bits per heavy atom. The zero-order valence-electron chi connectivity index (χ0n) is 12.2. The average molecular weight is 344 g/mol. The fourth-order valence-corrected chi connectivity index (χ4v) is 2.44. The van der Waals surface area contributed by atoms with Crippen molar-refractivity contribution in [3.05, 3.63) is 57.6 Å². The topological polar surface area (TPSA) is 48.1 Å². The van der Waals surface area contributed by atoms with Crippen molar-refractivity contribution < 1.29 is 9.18 Å². The van der Waals surface area contributed by atoms with Gasteiger partial charge in [0.15, 0.2) is 0 Å². The third-order valence-corrected chi connectivity index (χ3v) is 3.98. The van der Waals surface area contributed by atoms with Crippen LogP contribution in [0.2, 0.25) is 10.2 Å². The summed E-state index contributed by atoms with van der Waals surface area (Å²) in [7, 11) is 3.73. The van der Waals surface area contributed by atoms with Gasteiger partial charge in [0.25, 0.3) is 5.91 Å². The summed E-state index contributed by atoms with van der Waals surface area (Å²) < 4.78 is 13.4. The van der Waals surface area contributed by atoms with E-state index >= 15 is 0 Å². The molecule has 0 saturated carbocycles. The summed E-state index contributed by atoms with van der Waals surface area (Å²) in [6.45, 7) is 0.323. The summed E-state index contributed by atoms with van der Waals surface area (Å²) in [5.41, 5.74) is 1.07. The molecule has 0 aliphatic rings. The quantitative estimate of drug-likeness (QED) is 0.872. The van der Waals surface area contributed by atoms with E-state index < -0.39 is 0 Å². The molecule has 0 fully saturated rings. The highest BCUT2D eigenvalue weighted by Crippen LogP contribution is 2.22. The van der Waals surface area contributed by atoms with E-state index in [0.717, 1.165) is 5.56 Å². The van der Waals surface area contributed by atoms with Gasteiger partial charge in [0, 0.05) is 6.54 Å². The predicted molar refractivity (Wildman–Crippen MR) is 86.0 cm³/mol. The van der Waals surface area contributed by atoms with E-state index in [4.69, 9.17) is 23.2 Å². The number of amides is 1. The number of nitrogens with one attached hydrogen (secondary N) is 2. The summed E-state index contributed by atoms with van der Waals surface area (Å²) in [6, 6.07) is 7.62. The Balaban J connectivity index is 2.07. The molecule has 0 aliphatic carbocycles. The highest BCUT2D eigenvalue weighted by atomic mass is 35.5. The van der Waals surface area contributed by atoms with Gasteiger partial charge >= 0.3 is 0 Å². The minimum Gasteiger partial charge on any atom is -0.349 e. The van der Waals surface area contributed by atoms with Crippen molar-refractivity contribution in [3.63, 3.8) is 0 Å². The van der Waals surface area contributed by atoms with E-state index in [1.165, 1.54) is 18.2 Å². The number of H-pyrrole nitrogens is 1. The van der Waals surface area contributed by atoms with Gasteiger partial charge in [0.2, 0.25) is 0 Å². The minimum atomic E-state index is -0.322. The van der Waals surface area contributed by atoms with Crippen LogP contribution < -0.4 is 5.32 Å². The normalized spacial score (nSPS) is 12.5. The van der Waals surface area contributed by atoms with Crippen LogP contribution in [-0.2, 0) is 0 Å². The first kappa shape index (κ1) is 16.8. The molecule has 1 aromatic carbocycles. The molecule has 22 heavy (non-hydrogen) atoms. The molecular weight excluding hydrogens is 328 g/mol. The summed E-state index contributed by atoms with van der Waals surface area (Å²) in [6.07, 6.45) is 0. The van der Waals surface area contributed by atoms with Gasteiger partial charge in [-0.25, -0.2) is 4.39 Å². The molecule has 1 amide bonds. The van der Waals surface area contributed by atoms with Crippen molar-refractivity contribution >= 4 is 29.1 Å². The number of rotatable bonds is 5. The van der Waals surface area contributed by atoms with Gasteiger partial charge < -0.3 is 15.2 Å². The van der Waals surface area contributed by atoms with Crippen LogP contribution in [0.15, 0.2) is 30.3 Å². The van der Waals surface area contributed by atoms with Gasteiger partial charge in [-0.05, 0) is 37.9 Å². The fraction of sp³-hybridized carbons (Fsp3) is 0.267. The molecule has 0 saturated heterocycles. The zero-order chi connectivity index (χ0) is 16.3. The Labute approximate surface area is 138 Å². The number of aromatic nitrogens is 1. The molecule has 1 heterocycles. The maximum absolute atomic E-state index is 13.4. The number of hydrogen-bond acceptors (Lipinski definition) is 2. The zero-order valence-corrected chi connectivity index (χ0v) is 13.7. The second-order valence-electron chi connectivity index (χ2n) is 5.09. The van der Waals surface area contributed by atoms with Crippen molar-refractivity contribution in [2.45, 2.75) is 6.04 Å². The Bertz CT molecular complexity index is 653. The second kappa shape index (κ2) is 7.13. The van der Waals surface area contributed by atoms with Crippen molar-refractivity contribution in [3.8, 4) is 0 Å². The standard InChI is InChI=1S/C15H16Cl2FN3O/c1-21(2)13(9-4-3-5-10(18)6-9)8-19-15(22)12-7-11(16)14(17)20-12/h3-7,13,20H,8H2,1-2H3,(H,19,22). The van der Waals surface area contributed by atoms with Crippen LogP contribution in [0.1, 0.15) is 22.1 Å². The fourth-order valence-electron chi connectivity index (χ4n) is 2.12. The Kier molecular flexibility index (Phi) is 5.45. The molecule has 0 radical (unpaired) electrons. The number of benzene rings is 1. The number of hydrogen-bond donors (Lipinski definition) is 2. The van der Waals surface area contributed by atoms with Crippen LogP contribution >= 0.6 is 23.2 Å². The number of nitrogens with zero attached hydrogens (tertiary/aromatic N) is 1. The molecule has 0 bridgehead atoms. The Morgan fingerprint density at radius 1 is 1.36 bits per heavy atom. The molecular formula is C15H16Cl2FN3O. The average Bonchev–Trinajstić information content (AvgIpc) is 2.78. The number of halogens is 3. The molecule has 2 rings (SSSR count). The van der Waals surface area contributed by atoms with Crippen molar-refractivity contribution in [1.29, 1.82) is 0 Å². The van der Waals surface area contributed by atoms with Gasteiger partial charge in [-0.2, -0.15) is 0 Å². The van der Waals surface area contributed by atoms with Gasteiger partial charge in [-0.15, -0.1) is 0 Å². The van der Waals surface area contributed by atoms with Crippen LogP contribution in [0.3, 0.4) is 0 Å². The van der Waals surface area contributed by atoms with E-state index in [0.29, 0.717) is 11.6 Å². The lowest BCUT2D eigenvalue weighted by Crippen LogP contribution is -2.34. The lowest BCUT2D eigenvalue weighted by Gasteiger charge is -2.25. The lowest BCUT2D eigenvalue weighted by molar-refractivity contribution is 0.0937. The molecule has 0 aliphatic heterocycles. The lowest BCUT2D eigenvalue weighted by atomic mass is 10.1. The number of likely N-dealkylation sites (N-methyl/N-ethyl adjacent to an activating group) is 1. The van der Waals surface area contributed by atoms with Crippen molar-refractivity contribution in [2.75, 3.05) is 20.6 Å². The number of carbonyl (C=O) groups excluding carboxylic acids is 1. The first-order chi connectivity index (χ1) is 10.4. The molecule has 1 unspecified atom stereocenters. The van der Waals surface area contributed by atoms with Crippen molar-refractivity contribution in [1.82, 2.24) is 15.2 Å². The first-order valence-corrected chi connectivity index (χ1v) is 7.38. The molecule has 1 aromatic heterocycles. The Morgan fingerprint density at radius 3 is 2.64 bits per heavy atom. The predicted octanol–water partition coefficient (Wildman–Crippen LogP) is 3.49. The maximum Gasteiger partial charge on any atom is 0.267 e. The van der Waals surface area contributed by atoms with Gasteiger partial charge in [0.1, 0.15) is 16.7 Å². The van der Waals surface area contributed by atoms with Crippen molar-refractivity contribution in [2.24, 2.45) is 0 Å². The third kappa shape index (κ3) is 4.00. The van der Waals surface area contributed by atoms with E-state index in [9.17, 15) is 9.18 Å². The number of aromatic amines is 1. The summed E-state index contributed by atoms with van der Waals surface area (Å²) in [4.78, 5) is 16.7. The highest BCUT2D eigenvalue weighted by Gasteiger charge is 2.17. The van der Waals surface area contributed by atoms with Crippen LogP contribution in [0.4, 0.5) is 4.39 Å². The van der Waals surface area contributed by atoms with Crippen LogP contribution in [0.5, 0.6) is 0 Å². The van der Waals surface area contributed by atoms with Crippen LogP contribution in [0.25, 0.3) is 0 Å². The van der Waals surface area contributed by atoms with Gasteiger partial charge in [-0.1, -0.05) is 35.3 Å². The van der Waals surface area contributed by atoms with E-state index in [2.05, 4.69) is 10.3 Å². The smallest absolute Gasteiger partial charge is 0.267 e. The summed E-state index contributed by atoms with van der Waals surface area (Å²) in [5, 5.41) is 3.30. The Hall–Kier alpha value is -1.56. The largest absolute Gasteiger partial charge is 0.349 e. The highest BCUT2D eigenvalue weighted by molar-refractivity contribution is 6.41. The van der Waals surface area contributed by atoms with Crippen LogP contribution in [-0.4, -0.2) is 36.4 Å². The second-order valence-corrected chi connectivity index (χ2v) is 5.87. The maximum atomic E-state index is 13.4. The summed E-state index contributed by atoms with van der Waals surface area (Å²) in [5.74, 6) is -0.629. The molecule has 2 aromatic rings. The monoisotopic (exact) mass is 343 g/mol. The molecule has 0 spiro atoms. The first-order valence-electron chi connectivity index (χ1n) is 6.62. The van der Waals surface area contributed by atoms with E-state index in [-0.39, 0.29) is 28.6 Å². The molecule has 4 nitrogen and oxygen atoms in total. The van der Waals surface area contributed by atoms with Gasteiger partial charge in [0.05, 0.1) is 11.1 Å².